The Bertz CT molecular complexity index is 533. The number of alkyl halides is 1. The second-order valence-electron chi connectivity index (χ2n) is 10.5. The van der Waals surface area contributed by atoms with Crippen LogP contribution in [-0.2, 0) is 16.1 Å². The molecule has 1 rings (SSSR count). The Labute approximate surface area is 207 Å². The number of rotatable bonds is 18. The van der Waals surface area contributed by atoms with Crippen LogP contribution in [0.1, 0.15) is 92.1 Å². The highest BCUT2D eigenvalue weighted by Gasteiger charge is 2.17. The van der Waals surface area contributed by atoms with Crippen LogP contribution in [0.2, 0.25) is 0 Å². The summed E-state index contributed by atoms with van der Waals surface area (Å²) in [5.74, 6) is 4.15. The number of hydrogen-bond acceptors (Lipinski definition) is 2. The lowest BCUT2D eigenvalue weighted by Crippen LogP contribution is -2.13. The van der Waals surface area contributed by atoms with E-state index in [9.17, 15) is 0 Å². The lowest BCUT2D eigenvalue weighted by Gasteiger charge is -2.24. The maximum atomic E-state index is 5.65. The first kappa shape index (κ1) is 28.9. The van der Waals surface area contributed by atoms with Crippen LogP contribution < -0.4 is 0 Å². The minimum atomic E-state index is 0.394. The molecule has 0 heterocycles. The Kier molecular flexibility index (Phi) is 16.2. The molecule has 0 saturated heterocycles. The van der Waals surface area contributed by atoms with Crippen LogP contribution in [-0.4, -0.2) is 17.3 Å². The van der Waals surface area contributed by atoms with Crippen molar-refractivity contribution < 1.29 is 9.47 Å². The molecule has 31 heavy (non-hydrogen) atoms. The average Bonchev–Trinajstić information content (AvgIpc) is 2.66. The molecule has 1 aromatic carbocycles. The first-order valence-electron chi connectivity index (χ1n) is 12.6. The molecule has 0 fully saturated rings. The van der Waals surface area contributed by atoms with Gasteiger partial charge in [-0.05, 0) is 80.1 Å². The summed E-state index contributed by atoms with van der Waals surface area (Å²) in [6.45, 7) is 16.4. The standard InChI is InChI=1S/C28H49IO2/c1-22(11-10-14-30-21-31-20-28-12-8-7-9-13-28)15-23(2)16-24(3)17-25(4)18-26(5)19-27(6)29/h7-9,12-13,22-27H,10-11,14-21H2,1-6H3. The van der Waals surface area contributed by atoms with Crippen molar-refractivity contribution in [3.8, 4) is 0 Å². The second kappa shape index (κ2) is 17.4. The maximum Gasteiger partial charge on any atom is 0.147 e. The van der Waals surface area contributed by atoms with E-state index in [1.54, 1.807) is 0 Å². The van der Waals surface area contributed by atoms with E-state index in [1.165, 1.54) is 44.1 Å². The Morgan fingerprint density at radius 1 is 0.677 bits per heavy atom. The van der Waals surface area contributed by atoms with Crippen LogP contribution in [0.5, 0.6) is 0 Å². The minimum absolute atomic E-state index is 0.394. The van der Waals surface area contributed by atoms with Crippen LogP contribution in [0.25, 0.3) is 0 Å². The van der Waals surface area contributed by atoms with E-state index in [4.69, 9.17) is 9.47 Å². The summed E-state index contributed by atoms with van der Waals surface area (Å²) in [6.07, 6.45) is 9.22. The number of halogens is 1. The molecule has 6 unspecified atom stereocenters. The third kappa shape index (κ3) is 16.2. The number of hydrogen-bond donors (Lipinski definition) is 0. The second-order valence-corrected chi connectivity index (χ2v) is 12.6. The van der Waals surface area contributed by atoms with Gasteiger partial charge in [0.2, 0.25) is 0 Å². The van der Waals surface area contributed by atoms with E-state index >= 15 is 0 Å². The van der Waals surface area contributed by atoms with Gasteiger partial charge in [0, 0.05) is 10.5 Å². The molecular formula is C28H49IO2. The van der Waals surface area contributed by atoms with Gasteiger partial charge in [-0.2, -0.15) is 0 Å². The molecule has 1 aromatic rings. The molecule has 0 aliphatic heterocycles. The Balaban J connectivity index is 2.05. The van der Waals surface area contributed by atoms with E-state index in [1.807, 2.05) is 18.2 Å². The van der Waals surface area contributed by atoms with Gasteiger partial charge in [0.25, 0.3) is 0 Å². The topological polar surface area (TPSA) is 18.5 Å². The summed E-state index contributed by atoms with van der Waals surface area (Å²) < 4.78 is 12.0. The van der Waals surface area contributed by atoms with Crippen molar-refractivity contribution >= 4 is 22.6 Å². The molecule has 0 amide bonds. The lowest BCUT2D eigenvalue weighted by molar-refractivity contribution is -0.0628. The monoisotopic (exact) mass is 544 g/mol. The van der Waals surface area contributed by atoms with Crippen molar-refractivity contribution in [1.82, 2.24) is 0 Å². The zero-order valence-electron chi connectivity index (χ0n) is 21.1. The molecule has 2 nitrogen and oxygen atoms in total. The van der Waals surface area contributed by atoms with Crippen molar-refractivity contribution in [3.05, 3.63) is 35.9 Å². The molecule has 0 radical (unpaired) electrons. The minimum Gasteiger partial charge on any atom is -0.355 e. The number of ether oxygens (including phenoxy) is 2. The molecule has 180 valence electrons. The van der Waals surface area contributed by atoms with Crippen LogP contribution in [0.4, 0.5) is 0 Å². The molecule has 6 atom stereocenters. The molecule has 0 saturated carbocycles. The zero-order valence-corrected chi connectivity index (χ0v) is 23.3. The largest absolute Gasteiger partial charge is 0.355 e. The van der Waals surface area contributed by atoms with Gasteiger partial charge in [0.1, 0.15) is 6.79 Å². The van der Waals surface area contributed by atoms with Gasteiger partial charge in [-0.15, -0.1) is 0 Å². The van der Waals surface area contributed by atoms with Crippen LogP contribution in [0, 0.1) is 29.6 Å². The zero-order chi connectivity index (χ0) is 23.1. The van der Waals surface area contributed by atoms with Crippen molar-refractivity contribution in [2.24, 2.45) is 29.6 Å². The smallest absolute Gasteiger partial charge is 0.147 e. The fourth-order valence-corrected chi connectivity index (χ4v) is 6.06. The van der Waals surface area contributed by atoms with Gasteiger partial charge < -0.3 is 9.47 Å². The van der Waals surface area contributed by atoms with Crippen LogP contribution >= 0.6 is 22.6 Å². The first-order chi connectivity index (χ1) is 14.8. The van der Waals surface area contributed by atoms with Crippen molar-refractivity contribution in [2.75, 3.05) is 13.4 Å². The lowest BCUT2D eigenvalue weighted by atomic mass is 9.82. The van der Waals surface area contributed by atoms with E-state index in [2.05, 4.69) is 76.3 Å². The highest BCUT2D eigenvalue weighted by Crippen LogP contribution is 2.29. The fourth-order valence-electron chi connectivity index (χ4n) is 5.19. The van der Waals surface area contributed by atoms with E-state index in [-0.39, 0.29) is 0 Å². The third-order valence-electron chi connectivity index (χ3n) is 6.21. The SMILES string of the molecule is CC(I)CC(C)CC(C)CC(C)CC(C)CC(C)CCCOCOCc1ccccc1. The van der Waals surface area contributed by atoms with E-state index in [0.29, 0.717) is 13.4 Å². The predicted octanol–water partition coefficient (Wildman–Crippen LogP) is 8.91. The predicted molar refractivity (Wildman–Crippen MR) is 144 cm³/mol. The van der Waals surface area contributed by atoms with Gasteiger partial charge >= 0.3 is 0 Å². The summed E-state index contributed by atoms with van der Waals surface area (Å²) in [6, 6.07) is 10.3. The Morgan fingerprint density at radius 3 is 1.74 bits per heavy atom. The van der Waals surface area contributed by atoms with Gasteiger partial charge in [-0.1, -0.05) is 94.5 Å². The summed E-state index contributed by atoms with van der Waals surface area (Å²) in [5.41, 5.74) is 1.20. The molecular weight excluding hydrogens is 495 g/mol. The molecule has 0 spiro atoms. The fraction of sp³-hybridized carbons (Fsp3) is 0.786. The molecule has 0 bridgehead atoms. The van der Waals surface area contributed by atoms with E-state index in [0.717, 1.165) is 46.5 Å². The quantitative estimate of drug-likeness (QED) is 0.0795. The molecule has 0 aliphatic rings. The van der Waals surface area contributed by atoms with Gasteiger partial charge in [-0.25, -0.2) is 0 Å². The summed E-state index contributed by atoms with van der Waals surface area (Å²) >= 11 is 2.56. The maximum absolute atomic E-state index is 5.65. The average molecular weight is 545 g/mol. The third-order valence-corrected chi connectivity index (χ3v) is 6.72. The first-order valence-corrected chi connectivity index (χ1v) is 13.8. The highest BCUT2D eigenvalue weighted by molar-refractivity contribution is 14.1. The van der Waals surface area contributed by atoms with Crippen molar-refractivity contribution in [1.29, 1.82) is 0 Å². The summed E-state index contributed by atoms with van der Waals surface area (Å²) in [7, 11) is 0. The molecule has 3 heteroatoms. The summed E-state index contributed by atoms with van der Waals surface area (Å²) in [5, 5.41) is 0. The van der Waals surface area contributed by atoms with Crippen LogP contribution in [0.15, 0.2) is 30.3 Å². The van der Waals surface area contributed by atoms with Gasteiger partial charge in [0.15, 0.2) is 0 Å². The summed E-state index contributed by atoms with van der Waals surface area (Å²) in [4.78, 5) is 0. The van der Waals surface area contributed by atoms with Crippen molar-refractivity contribution in [2.45, 2.75) is 97.0 Å². The van der Waals surface area contributed by atoms with Gasteiger partial charge in [0.05, 0.1) is 6.61 Å². The van der Waals surface area contributed by atoms with Crippen molar-refractivity contribution in [3.63, 3.8) is 0 Å². The Morgan fingerprint density at radius 2 is 1.19 bits per heavy atom. The highest BCUT2D eigenvalue weighted by atomic mass is 127. The molecule has 0 aromatic heterocycles. The normalized spacial score (nSPS) is 17.6. The number of benzene rings is 1. The molecule has 0 aliphatic carbocycles. The molecule has 0 N–H and O–H groups in total. The van der Waals surface area contributed by atoms with Crippen LogP contribution in [0.3, 0.4) is 0 Å². The van der Waals surface area contributed by atoms with E-state index < -0.39 is 0 Å². The van der Waals surface area contributed by atoms with Gasteiger partial charge in [-0.3, -0.25) is 0 Å². The Hall–Kier alpha value is -0.130.